The monoisotopic (exact) mass is 173 g/mol. The van der Waals surface area contributed by atoms with Crippen molar-refractivity contribution in [1.29, 1.82) is 0 Å². The SMILES string of the molecule is NS(=O)(=O)OCl.[CaH2]. The molecule has 0 saturated carbocycles. The molecule has 0 atom stereocenters. The molecule has 0 heterocycles. The fourth-order valence-electron chi connectivity index (χ4n) is 0. The van der Waals surface area contributed by atoms with Crippen molar-refractivity contribution in [3.05, 3.63) is 0 Å². The second-order valence-electron chi connectivity index (χ2n) is 0.556. The van der Waals surface area contributed by atoms with E-state index in [0.29, 0.717) is 0 Å². The van der Waals surface area contributed by atoms with Gasteiger partial charge in [-0.05, 0) is 0 Å². The van der Waals surface area contributed by atoms with Gasteiger partial charge in [0, 0.05) is 0 Å². The van der Waals surface area contributed by atoms with Crippen LogP contribution in [0.1, 0.15) is 0 Å². The molecular weight excluding hydrogens is 170 g/mol. The molecule has 0 amide bonds. The molecule has 0 aromatic heterocycles. The van der Waals surface area contributed by atoms with E-state index in [1.807, 2.05) is 0 Å². The van der Waals surface area contributed by atoms with E-state index >= 15 is 0 Å². The van der Waals surface area contributed by atoms with E-state index in [0.717, 1.165) is 0 Å². The number of halogens is 1. The molecule has 7 heteroatoms. The van der Waals surface area contributed by atoms with Gasteiger partial charge in [0.05, 0.1) is 11.9 Å². The van der Waals surface area contributed by atoms with Gasteiger partial charge in [0.1, 0.15) is 0 Å². The summed E-state index contributed by atoms with van der Waals surface area (Å²) >= 11 is 4.26. The molecule has 0 aromatic rings. The van der Waals surface area contributed by atoms with Crippen molar-refractivity contribution in [3.8, 4) is 0 Å². The summed E-state index contributed by atoms with van der Waals surface area (Å²) in [5.74, 6) is 0. The Balaban J connectivity index is 0. The van der Waals surface area contributed by atoms with Gasteiger partial charge >= 0.3 is 48.0 Å². The molecule has 2 N–H and O–H groups in total. The van der Waals surface area contributed by atoms with Crippen LogP contribution in [0.25, 0.3) is 0 Å². The molecule has 0 aliphatic rings. The predicted octanol–water partition coefficient (Wildman–Crippen LogP) is -1.56. The Bertz CT molecular complexity index is 117. The summed E-state index contributed by atoms with van der Waals surface area (Å²) in [5.41, 5.74) is 0. The fourth-order valence-corrected chi connectivity index (χ4v) is 0. The van der Waals surface area contributed by atoms with E-state index in [1.54, 1.807) is 0 Å². The Kier molecular flexibility index (Phi) is 6.93. The summed E-state index contributed by atoms with van der Waals surface area (Å²) in [6.45, 7) is 0. The average Bonchev–Trinajstić information content (AvgIpc) is 1.35. The predicted molar refractivity (Wildman–Crippen MR) is 28.6 cm³/mol. The van der Waals surface area contributed by atoms with Crippen LogP contribution in [0.2, 0.25) is 0 Å². The second-order valence-corrected chi connectivity index (χ2v) is 2.05. The summed E-state index contributed by atoms with van der Waals surface area (Å²) in [5, 5.41) is 4.15. The minimum absolute atomic E-state index is 0. The fraction of sp³-hybridized carbons (Fsp3) is 0. The third kappa shape index (κ3) is 11.2. The van der Waals surface area contributed by atoms with Gasteiger partial charge in [0.25, 0.3) is 0 Å². The van der Waals surface area contributed by atoms with Crippen LogP contribution in [-0.2, 0) is 14.0 Å². The van der Waals surface area contributed by atoms with Crippen molar-refractivity contribution >= 4 is 59.9 Å². The van der Waals surface area contributed by atoms with Crippen molar-refractivity contribution in [1.82, 2.24) is 0 Å². The molecule has 0 aliphatic heterocycles. The van der Waals surface area contributed by atoms with Crippen LogP contribution in [0.3, 0.4) is 0 Å². The maximum atomic E-state index is 9.42. The van der Waals surface area contributed by atoms with Crippen LogP contribution in [0.15, 0.2) is 0 Å². The average molecular weight is 174 g/mol. The Hall–Kier alpha value is 1.42. The number of hydrogen-bond acceptors (Lipinski definition) is 3. The summed E-state index contributed by atoms with van der Waals surface area (Å²) in [6.07, 6.45) is 0. The van der Waals surface area contributed by atoms with E-state index < -0.39 is 10.3 Å². The van der Waals surface area contributed by atoms with Gasteiger partial charge in [-0.2, -0.15) is 8.42 Å². The first-order chi connectivity index (χ1) is 2.56. The summed E-state index contributed by atoms with van der Waals surface area (Å²) in [6, 6.07) is 0. The second kappa shape index (κ2) is 4.31. The van der Waals surface area contributed by atoms with E-state index in [2.05, 4.69) is 20.7 Å². The molecular formula is H4CaClNO3S. The zero-order valence-corrected chi connectivity index (χ0v) is 4.16. The van der Waals surface area contributed by atoms with Crippen LogP contribution >= 0.6 is 11.9 Å². The molecule has 0 rings (SSSR count). The Labute approximate surface area is 76.4 Å². The van der Waals surface area contributed by atoms with Gasteiger partial charge in [0.2, 0.25) is 0 Å². The number of nitrogens with two attached hydrogens (primary N) is 1. The topological polar surface area (TPSA) is 69.4 Å². The Morgan fingerprint density at radius 2 is 1.71 bits per heavy atom. The molecule has 0 bridgehead atoms. The van der Waals surface area contributed by atoms with Crippen LogP contribution in [0, 0.1) is 0 Å². The molecule has 7 heavy (non-hydrogen) atoms. The van der Waals surface area contributed by atoms with Gasteiger partial charge < -0.3 is 0 Å². The third-order valence-electron chi connectivity index (χ3n) is 0.0878. The molecule has 42 valence electrons. The first-order valence-electron chi connectivity index (χ1n) is 0.890. The van der Waals surface area contributed by atoms with E-state index in [1.165, 1.54) is 0 Å². The van der Waals surface area contributed by atoms with Crippen LogP contribution in [0.4, 0.5) is 0 Å². The van der Waals surface area contributed by atoms with Crippen LogP contribution in [-0.4, -0.2) is 46.2 Å². The molecule has 0 radical (unpaired) electrons. The van der Waals surface area contributed by atoms with E-state index in [-0.39, 0.29) is 37.7 Å². The van der Waals surface area contributed by atoms with Crippen molar-refractivity contribution in [2.45, 2.75) is 0 Å². The zero-order chi connectivity index (χ0) is 5.21. The van der Waals surface area contributed by atoms with Gasteiger partial charge in [0.15, 0.2) is 0 Å². The summed E-state index contributed by atoms with van der Waals surface area (Å²) in [7, 11) is -3.90. The normalized spacial score (nSPS) is 10.0. The van der Waals surface area contributed by atoms with Crippen molar-refractivity contribution in [3.63, 3.8) is 0 Å². The van der Waals surface area contributed by atoms with Gasteiger partial charge in [-0.25, -0.2) is 5.14 Å². The Morgan fingerprint density at radius 1 is 1.57 bits per heavy atom. The van der Waals surface area contributed by atoms with Crippen molar-refractivity contribution in [2.24, 2.45) is 5.14 Å². The number of rotatable bonds is 1. The molecule has 0 fully saturated rings. The standard InChI is InChI=1S/Ca.ClH2NO3S.2H/c;1-5-6(2,3)4;;/h;(H2,2,3,4);;. The maximum absolute atomic E-state index is 9.42. The first-order valence-corrected chi connectivity index (χ1v) is 2.67. The van der Waals surface area contributed by atoms with Crippen molar-refractivity contribution < 1.29 is 12.2 Å². The number of hydrogen-bond donors (Lipinski definition) is 1. The minimum atomic E-state index is -3.90. The van der Waals surface area contributed by atoms with Gasteiger partial charge in [-0.3, -0.25) is 0 Å². The summed E-state index contributed by atoms with van der Waals surface area (Å²) < 4.78 is 22.0. The molecule has 0 aliphatic carbocycles. The molecule has 0 unspecified atom stereocenters. The molecule has 0 spiro atoms. The Morgan fingerprint density at radius 3 is 1.71 bits per heavy atom. The van der Waals surface area contributed by atoms with E-state index in [4.69, 9.17) is 0 Å². The molecule has 0 saturated heterocycles. The first kappa shape index (κ1) is 11.2. The van der Waals surface area contributed by atoms with Gasteiger partial charge in [-0.15, -0.1) is 3.74 Å². The van der Waals surface area contributed by atoms with Gasteiger partial charge in [-0.1, -0.05) is 0 Å². The van der Waals surface area contributed by atoms with E-state index in [9.17, 15) is 8.42 Å². The zero-order valence-electron chi connectivity index (χ0n) is 2.59. The van der Waals surface area contributed by atoms with Crippen molar-refractivity contribution in [2.75, 3.05) is 0 Å². The molecule has 4 nitrogen and oxygen atoms in total. The van der Waals surface area contributed by atoms with Crippen LogP contribution < -0.4 is 5.14 Å². The molecule has 0 aromatic carbocycles. The summed E-state index contributed by atoms with van der Waals surface area (Å²) in [4.78, 5) is 0. The quantitative estimate of drug-likeness (QED) is 0.488. The third-order valence-corrected chi connectivity index (χ3v) is 0.790. The van der Waals surface area contributed by atoms with Crippen LogP contribution in [0.5, 0.6) is 0 Å².